The molecule has 0 saturated carbocycles. The molecule has 1 aromatic heterocycles. The van der Waals surface area contributed by atoms with Crippen molar-refractivity contribution in [3.8, 4) is 0 Å². The van der Waals surface area contributed by atoms with Crippen molar-refractivity contribution in [1.29, 1.82) is 0 Å². The van der Waals surface area contributed by atoms with Gasteiger partial charge in [-0.15, -0.1) is 11.3 Å². The van der Waals surface area contributed by atoms with Gasteiger partial charge in [-0.25, -0.2) is 18.1 Å². The number of guanidine groups is 1. The van der Waals surface area contributed by atoms with Crippen LogP contribution in [0.2, 0.25) is 0 Å². The molecule has 0 aliphatic heterocycles. The Labute approximate surface area is 179 Å². The number of aliphatic imine (C=N–C) groups is 1. The van der Waals surface area contributed by atoms with E-state index in [2.05, 4.69) is 32.5 Å². The maximum absolute atomic E-state index is 12.8. The van der Waals surface area contributed by atoms with Gasteiger partial charge in [0.1, 0.15) is 0 Å². The van der Waals surface area contributed by atoms with Crippen LogP contribution in [0.15, 0.2) is 51.7 Å². The molecule has 29 heavy (non-hydrogen) atoms. The van der Waals surface area contributed by atoms with Crippen molar-refractivity contribution in [2.75, 3.05) is 20.1 Å². The molecule has 0 radical (unpaired) electrons. The Kier molecular flexibility index (Phi) is 8.24. The van der Waals surface area contributed by atoms with Gasteiger partial charge in [-0.05, 0) is 57.2 Å². The van der Waals surface area contributed by atoms with Gasteiger partial charge in [-0.1, -0.05) is 24.3 Å². The van der Waals surface area contributed by atoms with E-state index in [1.54, 1.807) is 23.5 Å². The van der Waals surface area contributed by atoms with Crippen molar-refractivity contribution in [2.24, 2.45) is 4.99 Å². The highest BCUT2D eigenvalue weighted by Crippen LogP contribution is 2.19. The van der Waals surface area contributed by atoms with E-state index in [0.29, 0.717) is 5.56 Å². The lowest BCUT2D eigenvalue weighted by atomic mass is 10.1. The van der Waals surface area contributed by atoms with Crippen molar-refractivity contribution < 1.29 is 8.42 Å². The fraction of sp³-hybridized carbons (Fsp3) is 0.476. The molecule has 2 N–H and O–H groups in total. The molecule has 2 rings (SSSR count). The number of thiophene rings is 1. The van der Waals surface area contributed by atoms with Gasteiger partial charge in [-0.3, -0.25) is 0 Å². The zero-order valence-electron chi connectivity index (χ0n) is 17.9. The Morgan fingerprint density at radius 3 is 2.52 bits per heavy atom. The van der Waals surface area contributed by atoms with E-state index >= 15 is 0 Å². The van der Waals surface area contributed by atoms with Crippen molar-refractivity contribution in [3.63, 3.8) is 0 Å². The number of likely N-dealkylation sites (N-methyl/N-ethyl adjacent to an activating group) is 1. The van der Waals surface area contributed by atoms with Crippen LogP contribution in [0.3, 0.4) is 0 Å². The standard InChI is InChI=1S/C21H32N4O2S2/c1-6-22-20(25(5)14-13-18-11-9-15-28-18)23-16-17-10-7-8-12-19(17)29(26,27)24-21(2,3)4/h7-12,15,24H,6,13-14,16H2,1-5H3,(H,22,23). The lowest BCUT2D eigenvalue weighted by molar-refractivity contribution is 0.485. The molecule has 0 bridgehead atoms. The van der Waals surface area contributed by atoms with Gasteiger partial charge >= 0.3 is 0 Å². The van der Waals surface area contributed by atoms with Crippen LogP contribution in [0.25, 0.3) is 0 Å². The molecule has 0 aliphatic carbocycles. The minimum atomic E-state index is -3.62. The van der Waals surface area contributed by atoms with Gasteiger partial charge in [-0.2, -0.15) is 0 Å². The summed E-state index contributed by atoms with van der Waals surface area (Å²) in [7, 11) is -1.62. The Hall–Kier alpha value is -1.90. The van der Waals surface area contributed by atoms with Crippen molar-refractivity contribution in [2.45, 2.75) is 51.1 Å². The summed E-state index contributed by atoms with van der Waals surface area (Å²) in [5, 5.41) is 5.37. The zero-order chi connectivity index (χ0) is 21.5. The number of sulfonamides is 1. The summed E-state index contributed by atoms with van der Waals surface area (Å²) in [5.41, 5.74) is 0.123. The first-order valence-electron chi connectivity index (χ1n) is 9.76. The minimum absolute atomic E-state index is 0.274. The normalized spacial score (nSPS) is 12.8. The van der Waals surface area contributed by atoms with Gasteiger partial charge in [0.2, 0.25) is 10.0 Å². The molecule has 6 nitrogen and oxygen atoms in total. The lowest BCUT2D eigenvalue weighted by Gasteiger charge is -2.23. The average molecular weight is 437 g/mol. The summed E-state index contributed by atoms with van der Waals surface area (Å²) in [6.07, 6.45) is 0.944. The van der Waals surface area contributed by atoms with E-state index in [-0.39, 0.29) is 11.4 Å². The molecule has 0 saturated heterocycles. The maximum Gasteiger partial charge on any atom is 0.241 e. The topological polar surface area (TPSA) is 73.8 Å². The number of nitrogens with zero attached hydrogens (tertiary/aromatic N) is 2. The molecule has 160 valence electrons. The van der Waals surface area contributed by atoms with Crippen LogP contribution in [-0.2, 0) is 23.0 Å². The Morgan fingerprint density at radius 1 is 1.17 bits per heavy atom. The molecule has 0 unspecified atom stereocenters. The molecule has 1 heterocycles. The second kappa shape index (κ2) is 10.2. The third-order valence-corrected chi connectivity index (χ3v) is 6.87. The summed E-state index contributed by atoms with van der Waals surface area (Å²) in [6.45, 7) is 9.37. The van der Waals surface area contributed by atoms with E-state index < -0.39 is 15.6 Å². The summed E-state index contributed by atoms with van der Waals surface area (Å²) < 4.78 is 28.4. The van der Waals surface area contributed by atoms with E-state index in [4.69, 9.17) is 4.99 Å². The lowest BCUT2D eigenvalue weighted by Crippen LogP contribution is -2.41. The second-order valence-electron chi connectivity index (χ2n) is 7.88. The van der Waals surface area contributed by atoms with E-state index in [1.807, 2.05) is 46.9 Å². The highest BCUT2D eigenvalue weighted by molar-refractivity contribution is 7.89. The van der Waals surface area contributed by atoms with Gasteiger partial charge in [0, 0.05) is 30.6 Å². The number of rotatable bonds is 8. The zero-order valence-corrected chi connectivity index (χ0v) is 19.5. The smallest absolute Gasteiger partial charge is 0.241 e. The Morgan fingerprint density at radius 2 is 1.90 bits per heavy atom. The van der Waals surface area contributed by atoms with Crippen molar-refractivity contribution >= 4 is 27.3 Å². The summed E-state index contributed by atoms with van der Waals surface area (Å²) in [5.74, 6) is 0.764. The van der Waals surface area contributed by atoms with Crippen LogP contribution in [0.5, 0.6) is 0 Å². The summed E-state index contributed by atoms with van der Waals surface area (Å²) in [4.78, 5) is 8.38. The van der Waals surface area contributed by atoms with Gasteiger partial charge < -0.3 is 10.2 Å². The first-order chi connectivity index (χ1) is 13.6. The second-order valence-corrected chi connectivity index (χ2v) is 10.6. The van der Waals surface area contributed by atoms with E-state index in [9.17, 15) is 8.42 Å². The molecule has 0 amide bonds. The SMILES string of the molecule is CCNC(=NCc1ccccc1S(=O)(=O)NC(C)(C)C)N(C)CCc1cccs1. The van der Waals surface area contributed by atoms with Crippen LogP contribution in [0.1, 0.15) is 38.1 Å². The van der Waals surface area contributed by atoms with Gasteiger partial charge in [0.25, 0.3) is 0 Å². The van der Waals surface area contributed by atoms with Crippen LogP contribution in [-0.4, -0.2) is 45.0 Å². The van der Waals surface area contributed by atoms with Gasteiger partial charge in [0.05, 0.1) is 11.4 Å². The summed E-state index contributed by atoms with van der Waals surface area (Å²) >= 11 is 1.75. The first-order valence-corrected chi connectivity index (χ1v) is 12.1. The third-order valence-electron chi connectivity index (χ3n) is 4.07. The quantitative estimate of drug-likeness (QED) is 0.491. The van der Waals surface area contributed by atoms with Crippen LogP contribution in [0.4, 0.5) is 0 Å². The number of hydrogen-bond donors (Lipinski definition) is 2. The Bertz CT molecular complexity index is 901. The molecular weight excluding hydrogens is 404 g/mol. The van der Waals surface area contributed by atoms with E-state index in [0.717, 1.165) is 25.5 Å². The predicted octanol–water partition coefficient (Wildman–Crippen LogP) is 3.46. The van der Waals surface area contributed by atoms with Crippen LogP contribution >= 0.6 is 11.3 Å². The predicted molar refractivity (Wildman–Crippen MR) is 122 cm³/mol. The number of nitrogens with one attached hydrogen (secondary N) is 2. The molecular formula is C21H32N4O2S2. The molecule has 2 aromatic rings. The third kappa shape index (κ3) is 7.45. The fourth-order valence-electron chi connectivity index (χ4n) is 2.82. The minimum Gasteiger partial charge on any atom is -0.357 e. The van der Waals surface area contributed by atoms with Crippen molar-refractivity contribution in [3.05, 3.63) is 52.2 Å². The number of benzene rings is 1. The molecule has 8 heteroatoms. The molecule has 0 aliphatic rings. The van der Waals surface area contributed by atoms with Crippen LogP contribution in [0, 0.1) is 0 Å². The molecule has 0 spiro atoms. The van der Waals surface area contributed by atoms with Crippen LogP contribution < -0.4 is 10.0 Å². The maximum atomic E-state index is 12.8. The fourth-order valence-corrected chi connectivity index (χ4v) is 5.17. The Balaban J connectivity index is 2.18. The highest BCUT2D eigenvalue weighted by atomic mass is 32.2. The highest BCUT2D eigenvalue weighted by Gasteiger charge is 2.24. The monoisotopic (exact) mass is 436 g/mol. The summed E-state index contributed by atoms with van der Waals surface area (Å²) in [6, 6.07) is 11.2. The molecule has 0 atom stereocenters. The molecule has 1 aromatic carbocycles. The van der Waals surface area contributed by atoms with Crippen molar-refractivity contribution in [1.82, 2.24) is 14.9 Å². The average Bonchev–Trinajstić information content (AvgIpc) is 3.15. The molecule has 0 fully saturated rings. The first kappa shape index (κ1) is 23.4. The number of hydrogen-bond acceptors (Lipinski definition) is 4. The van der Waals surface area contributed by atoms with Gasteiger partial charge in [0.15, 0.2) is 5.96 Å². The largest absolute Gasteiger partial charge is 0.357 e. The van der Waals surface area contributed by atoms with E-state index in [1.165, 1.54) is 4.88 Å².